The van der Waals surface area contributed by atoms with Crippen LogP contribution in [0.1, 0.15) is 30.0 Å². The third-order valence-corrected chi connectivity index (χ3v) is 6.47. The lowest BCUT2D eigenvalue weighted by Gasteiger charge is -2.12. The molecular weight excluding hydrogens is 487 g/mol. The van der Waals surface area contributed by atoms with Gasteiger partial charge >= 0.3 is 5.97 Å². The summed E-state index contributed by atoms with van der Waals surface area (Å²) in [5.41, 5.74) is 3.29. The van der Waals surface area contributed by atoms with Crippen LogP contribution in [0.25, 0.3) is 21.7 Å². The SMILES string of the molecule is CCOC(=O)CCc1cc(F)c(OCc2c(-c3ccccc3)nsc2-c2ccc(C)cc2F)c(F)c1. The van der Waals surface area contributed by atoms with Crippen molar-refractivity contribution in [3.63, 3.8) is 0 Å². The van der Waals surface area contributed by atoms with Crippen molar-refractivity contribution < 1.29 is 27.4 Å². The predicted octanol–water partition coefficient (Wildman–Crippen LogP) is 7.28. The smallest absolute Gasteiger partial charge is 0.306 e. The highest BCUT2D eigenvalue weighted by atomic mass is 32.1. The average molecular weight is 512 g/mol. The van der Waals surface area contributed by atoms with Gasteiger partial charge in [0.1, 0.15) is 12.4 Å². The second-order valence-electron chi connectivity index (χ2n) is 8.17. The molecule has 8 heteroatoms. The molecule has 0 aliphatic rings. The van der Waals surface area contributed by atoms with Crippen molar-refractivity contribution in [2.24, 2.45) is 0 Å². The van der Waals surface area contributed by atoms with Crippen molar-refractivity contribution >= 4 is 17.5 Å². The van der Waals surface area contributed by atoms with Crippen molar-refractivity contribution in [1.29, 1.82) is 0 Å². The van der Waals surface area contributed by atoms with Gasteiger partial charge in [0, 0.05) is 23.1 Å². The van der Waals surface area contributed by atoms with Gasteiger partial charge in [-0.15, -0.1) is 0 Å². The summed E-state index contributed by atoms with van der Waals surface area (Å²) in [6.07, 6.45) is 0.149. The summed E-state index contributed by atoms with van der Waals surface area (Å²) in [6, 6.07) is 16.4. The minimum Gasteiger partial charge on any atom is -0.483 e. The number of nitrogens with zero attached hydrogens (tertiary/aromatic N) is 1. The monoisotopic (exact) mass is 511 g/mol. The Kier molecular flexibility index (Phi) is 8.05. The van der Waals surface area contributed by atoms with E-state index in [9.17, 15) is 18.0 Å². The molecule has 4 aromatic rings. The number of hydrogen-bond donors (Lipinski definition) is 0. The first kappa shape index (κ1) is 25.4. The van der Waals surface area contributed by atoms with Crippen molar-refractivity contribution in [3.8, 4) is 27.4 Å². The topological polar surface area (TPSA) is 48.4 Å². The van der Waals surface area contributed by atoms with Crippen LogP contribution in [0.4, 0.5) is 13.2 Å². The Morgan fingerprint density at radius 1 is 0.972 bits per heavy atom. The summed E-state index contributed by atoms with van der Waals surface area (Å²) in [4.78, 5) is 12.1. The molecule has 0 amide bonds. The van der Waals surface area contributed by atoms with E-state index in [1.165, 1.54) is 6.07 Å². The molecule has 1 aromatic heterocycles. The van der Waals surface area contributed by atoms with Gasteiger partial charge < -0.3 is 9.47 Å². The first-order chi connectivity index (χ1) is 17.4. The highest BCUT2D eigenvalue weighted by molar-refractivity contribution is 7.10. The molecule has 0 radical (unpaired) electrons. The van der Waals surface area contributed by atoms with E-state index in [0.717, 1.165) is 34.8 Å². The summed E-state index contributed by atoms with van der Waals surface area (Å²) in [5.74, 6) is -3.17. The van der Waals surface area contributed by atoms with E-state index in [1.54, 1.807) is 26.0 Å². The van der Waals surface area contributed by atoms with Crippen molar-refractivity contribution in [1.82, 2.24) is 4.37 Å². The molecule has 36 heavy (non-hydrogen) atoms. The Morgan fingerprint density at radius 3 is 2.36 bits per heavy atom. The summed E-state index contributed by atoms with van der Waals surface area (Å²) < 4.78 is 59.4. The number of hydrogen-bond acceptors (Lipinski definition) is 5. The zero-order valence-corrected chi connectivity index (χ0v) is 20.6. The molecule has 0 saturated carbocycles. The number of rotatable bonds is 9. The van der Waals surface area contributed by atoms with Crippen LogP contribution in [0.3, 0.4) is 0 Å². The number of benzene rings is 3. The molecule has 3 aromatic carbocycles. The Bertz CT molecular complexity index is 1350. The van der Waals surface area contributed by atoms with Gasteiger partial charge in [0.25, 0.3) is 0 Å². The number of ether oxygens (including phenoxy) is 2. The van der Waals surface area contributed by atoms with Gasteiger partial charge in [-0.1, -0.05) is 42.5 Å². The highest BCUT2D eigenvalue weighted by Crippen LogP contribution is 2.38. The van der Waals surface area contributed by atoms with Crippen LogP contribution in [0, 0.1) is 24.4 Å². The number of carbonyl (C=O) groups excluding carboxylic acids is 1. The van der Waals surface area contributed by atoms with Crippen LogP contribution >= 0.6 is 11.5 Å². The molecule has 0 saturated heterocycles. The Balaban J connectivity index is 1.64. The maximum Gasteiger partial charge on any atom is 0.306 e. The Hall–Kier alpha value is -3.65. The summed E-state index contributed by atoms with van der Waals surface area (Å²) in [5, 5.41) is 0. The lowest BCUT2D eigenvalue weighted by atomic mass is 10.0. The molecule has 0 spiro atoms. The fourth-order valence-electron chi connectivity index (χ4n) is 3.80. The molecule has 0 unspecified atom stereocenters. The summed E-state index contributed by atoms with van der Waals surface area (Å²) >= 11 is 1.10. The molecule has 4 nitrogen and oxygen atoms in total. The fraction of sp³-hybridized carbons (Fsp3) is 0.214. The van der Waals surface area contributed by atoms with Crippen LogP contribution in [-0.4, -0.2) is 16.9 Å². The molecule has 4 rings (SSSR count). The van der Waals surface area contributed by atoms with Gasteiger partial charge in [-0.2, -0.15) is 4.37 Å². The van der Waals surface area contributed by atoms with E-state index in [-0.39, 0.29) is 26.1 Å². The zero-order chi connectivity index (χ0) is 25.7. The highest BCUT2D eigenvalue weighted by Gasteiger charge is 2.22. The van der Waals surface area contributed by atoms with Gasteiger partial charge in [0.2, 0.25) is 0 Å². The molecule has 1 heterocycles. The maximum absolute atomic E-state index is 14.8. The quantitative estimate of drug-likeness (QED) is 0.222. The normalized spacial score (nSPS) is 10.9. The second-order valence-corrected chi connectivity index (χ2v) is 8.94. The van der Waals surface area contributed by atoms with E-state index in [4.69, 9.17) is 9.47 Å². The summed E-state index contributed by atoms with van der Waals surface area (Å²) in [7, 11) is 0. The van der Waals surface area contributed by atoms with E-state index >= 15 is 0 Å². The van der Waals surface area contributed by atoms with Crippen molar-refractivity contribution in [2.45, 2.75) is 33.3 Å². The number of aromatic nitrogens is 1. The van der Waals surface area contributed by atoms with Gasteiger partial charge in [-0.3, -0.25) is 4.79 Å². The Labute approximate surface area is 211 Å². The number of carbonyl (C=O) groups is 1. The van der Waals surface area contributed by atoms with Crippen LogP contribution in [0.2, 0.25) is 0 Å². The van der Waals surface area contributed by atoms with Gasteiger partial charge in [0.15, 0.2) is 17.4 Å². The molecule has 186 valence electrons. The van der Waals surface area contributed by atoms with Crippen LogP contribution in [0.5, 0.6) is 5.75 Å². The third kappa shape index (κ3) is 5.76. The van der Waals surface area contributed by atoms with E-state index in [0.29, 0.717) is 27.3 Å². The molecule has 0 aliphatic carbocycles. The van der Waals surface area contributed by atoms with E-state index in [1.807, 2.05) is 30.3 Å². The maximum atomic E-state index is 14.8. The molecular formula is C28H24F3NO3S. The molecule has 0 N–H and O–H groups in total. The van der Waals surface area contributed by atoms with E-state index in [2.05, 4.69) is 4.37 Å². The van der Waals surface area contributed by atoms with Crippen molar-refractivity contribution in [2.75, 3.05) is 6.61 Å². The van der Waals surface area contributed by atoms with E-state index < -0.39 is 29.2 Å². The lowest BCUT2D eigenvalue weighted by Crippen LogP contribution is -2.06. The largest absolute Gasteiger partial charge is 0.483 e. The number of aryl methyl sites for hydroxylation is 2. The predicted molar refractivity (Wildman–Crippen MR) is 133 cm³/mol. The number of halogens is 3. The summed E-state index contributed by atoms with van der Waals surface area (Å²) in [6.45, 7) is 3.50. The van der Waals surface area contributed by atoms with Gasteiger partial charge in [-0.05, 0) is 61.1 Å². The molecule has 0 bridgehead atoms. The first-order valence-electron chi connectivity index (χ1n) is 11.4. The minimum absolute atomic E-state index is 0.0133. The Morgan fingerprint density at radius 2 is 1.69 bits per heavy atom. The molecule has 0 fully saturated rings. The van der Waals surface area contributed by atoms with Crippen LogP contribution in [0.15, 0.2) is 60.7 Å². The molecule has 0 aliphatic heterocycles. The second kappa shape index (κ2) is 11.4. The zero-order valence-electron chi connectivity index (χ0n) is 19.8. The average Bonchev–Trinajstić information content (AvgIpc) is 3.26. The number of esters is 1. The van der Waals surface area contributed by atoms with Gasteiger partial charge in [-0.25, -0.2) is 13.2 Å². The van der Waals surface area contributed by atoms with Crippen LogP contribution < -0.4 is 4.74 Å². The van der Waals surface area contributed by atoms with Gasteiger partial charge in [0.05, 0.1) is 17.2 Å². The third-order valence-electron chi connectivity index (χ3n) is 5.55. The first-order valence-corrected chi connectivity index (χ1v) is 12.2. The lowest BCUT2D eigenvalue weighted by molar-refractivity contribution is -0.143. The molecule has 0 atom stereocenters. The van der Waals surface area contributed by atoms with Crippen LogP contribution in [-0.2, 0) is 22.6 Å². The standard InChI is InChI=1S/C28H24F3NO3S/c1-3-34-25(33)12-10-18-14-23(30)27(24(31)15-18)35-16-21-26(19-7-5-4-6-8-19)32-36-28(21)20-11-9-17(2)13-22(20)29/h4-9,11,13-15H,3,10,12,16H2,1-2H3. The minimum atomic E-state index is -0.888. The van der Waals surface area contributed by atoms with Crippen molar-refractivity contribution in [3.05, 3.63) is 94.8 Å². The fourth-order valence-corrected chi connectivity index (χ4v) is 4.73.